The summed E-state index contributed by atoms with van der Waals surface area (Å²) in [4.78, 5) is 12.1. The quantitative estimate of drug-likeness (QED) is 0.657. The average Bonchev–Trinajstić information content (AvgIpc) is 2.46. The second kappa shape index (κ2) is 4.30. The summed E-state index contributed by atoms with van der Waals surface area (Å²) >= 11 is 0. The molecule has 0 N–H and O–H groups in total. The molecular formula is C20H20O. The summed E-state index contributed by atoms with van der Waals surface area (Å²) in [7, 11) is 0. The zero-order chi connectivity index (χ0) is 14.6. The Kier molecular flexibility index (Phi) is 2.63. The smallest absolute Gasteiger partial charge is 0.163 e. The van der Waals surface area contributed by atoms with E-state index in [0.717, 1.165) is 24.8 Å². The van der Waals surface area contributed by atoms with Crippen LogP contribution in [0.1, 0.15) is 60.2 Å². The number of allylic oxidation sites excluding steroid dienone is 1. The Morgan fingerprint density at radius 2 is 1.81 bits per heavy atom. The maximum absolute atomic E-state index is 12.1. The van der Waals surface area contributed by atoms with Crippen LogP contribution >= 0.6 is 0 Å². The largest absolute Gasteiger partial charge is 0.294 e. The standard InChI is InChI=1S/C20H20O/c1-20(2)12-4-6-16-15-8-9-17-13(5-3-7-19(17)21)14(15)10-11-18(16)20/h4,6,8-11H,3,5,7,12H2,1-2H3. The summed E-state index contributed by atoms with van der Waals surface area (Å²) in [6, 6.07) is 8.73. The average molecular weight is 276 g/mol. The zero-order valence-electron chi connectivity index (χ0n) is 12.7. The molecule has 0 fully saturated rings. The maximum Gasteiger partial charge on any atom is 0.163 e. The van der Waals surface area contributed by atoms with Crippen LogP contribution in [0.2, 0.25) is 0 Å². The van der Waals surface area contributed by atoms with E-state index in [1.807, 2.05) is 0 Å². The first-order chi connectivity index (χ1) is 10.1. The zero-order valence-corrected chi connectivity index (χ0v) is 12.7. The van der Waals surface area contributed by atoms with Crippen molar-refractivity contribution in [2.75, 3.05) is 0 Å². The molecule has 0 bridgehead atoms. The number of hydrogen-bond donors (Lipinski definition) is 0. The van der Waals surface area contributed by atoms with Gasteiger partial charge in [-0.05, 0) is 52.1 Å². The van der Waals surface area contributed by atoms with Gasteiger partial charge in [0.05, 0.1) is 0 Å². The first kappa shape index (κ1) is 12.8. The molecule has 2 aliphatic carbocycles. The fraction of sp³-hybridized carbons (Fsp3) is 0.350. The van der Waals surface area contributed by atoms with Crippen molar-refractivity contribution in [1.82, 2.24) is 0 Å². The normalized spacial score (nSPS) is 19.4. The van der Waals surface area contributed by atoms with Crippen LogP contribution in [0.5, 0.6) is 0 Å². The third-order valence-electron chi connectivity index (χ3n) is 5.13. The van der Waals surface area contributed by atoms with Crippen molar-refractivity contribution in [3.05, 3.63) is 52.6 Å². The van der Waals surface area contributed by atoms with E-state index < -0.39 is 0 Å². The topological polar surface area (TPSA) is 17.1 Å². The van der Waals surface area contributed by atoms with Gasteiger partial charge in [0.2, 0.25) is 0 Å². The molecular weight excluding hydrogens is 256 g/mol. The fourth-order valence-corrected chi connectivity index (χ4v) is 3.93. The highest BCUT2D eigenvalue weighted by Crippen LogP contribution is 2.40. The van der Waals surface area contributed by atoms with Crippen LogP contribution in [0.25, 0.3) is 16.8 Å². The van der Waals surface area contributed by atoms with Gasteiger partial charge in [-0.15, -0.1) is 0 Å². The highest BCUT2D eigenvalue weighted by molar-refractivity contribution is 6.05. The third-order valence-corrected chi connectivity index (χ3v) is 5.13. The van der Waals surface area contributed by atoms with Crippen molar-refractivity contribution in [1.29, 1.82) is 0 Å². The molecule has 0 radical (unpaired) electrons. The van der Waals surface area contributed by atoms with Crippen molar-refractivity contribution in [3.63, 3.8) is 0 Å². The molecule has 0 saturated carbocycles. The van der Waals surface area contributed by atoms with Crippen LogP contribution in [-0.2, 0) is 11.8 Å². The maximum atomic E-state index is 12.1. The molecule has 1 heteroatoms. The van der Waals surface area contributed by atoms with Gasteiger partial charge < -0.3 is 0 Å². The van der Waals surface area contributed by atoms with Crippen LogP contribution in [0.15, 0.2) is 30.3 Å². The molecule has 2 aromatic rings. The van der Waals surface area contributed by atoms with E-state index in [4.69, 9.17) is 0 Å². The van der Waals surface area contributed by atoms with Gasteiger partial charge in [-0.1, -0.05) is 50.3 Å². The molecule has 0 heterocycles. The van der Waals surface area contributed by atoms with Gasteiger partial charge in [-0.2, -0.15) is 0 Å². The molecule has 4 rings (SSSR count). The first-order valence-electron chi connectivity index (χ1n) is 7.87. The van der Waals surface area contributed by atoms with Crippen LogP contribution in [0.4, 0.5) is 0 Å². The number of Topliss-reactive ketones (excluding diaryl/α,β-unsaturated/α-hetero) is 1. The van der Waals surface area contributed by atoms with E-state index in [-0.39, 0.29) is 5.41 Å². The second-order valence-electron chi connectivity index (χ2n) is 6.98. The summed E-state index contributed by atoms with van der Waals surface area (Å²) in [6.45, 7) is 4.62. The summed E-state index contributed by atoms with van der Waals surface area (Å²) in [5.74, 6) is 0.312. The van der Waals surface area contributed by atoms with Crippen molar-refractivity contribution >= 4 is 22.6 Å². The summed E-state index contributed by atoms with van der Waals surface area (Å²) in [6.07, 6.45) is 8.37. The molecule has 21 heavy (non-hydrogen) atoms. The minimum Gasteiger partial charge on any atom is -0.294 e. The van der Waals surface area contributed by atoms with Gasteiger partial charge in [-0.3, -0.25) is 4.79 Å². The molecule has 0 aromatic heterocycles. The van der Waals surface area contributed by atoms with Gasteiger partial charge in [0, 0.05) is 12.0 Å². The van der Waals surface area contributed by atoms with Crippen molar-refractivity contribution in [2.45, 2.75) is 44.9 Å². The predicted molar refractivity (Wildman–Crippen MR) is 87.9 cm³/mol. The van der Waals surface area contributed by atoms with Gasteiger partial charge in [0.25, 0.3) is 0 Å². The Labute approximate surface area is 125 Å². The molecule has 0 atom stereocenters. The van der Waals surface area contributed by atoms with Crippen molar-refractivity contribution in [3.8, 4) is 0 Å². The molecule has 2 aliphatic rings. The van der Waals surface area contributed by atoms with Crippen LogP contribution < -0.4 is 0 Å². The lowest BCUT2D eigenvalue weighted by Gasteiger charge is -2.30. The summed E-state index contributed by atoms with van der Waals surface area (Å²) in [5.41, 5.74) is 5.20. The minimum atomic E-state index is 0.198. The lowest BCUT2D eigenvalue weighted by molar-refractivity contribution is 0.0973. The Morgan fingerprint density at radius 3 is 2.67 bits per heavy atom. The van der Waals surface area contributed by atoms with Gasteiger partial charge in [0.1, 0.15) is 0 Å². The third kappa shape index (κ3) is 1.80. The first-order valence-corrected chi connectivity index (χ1v) is 7.87. The highest BCUT2D eigenvalue weighted by Gasteiger charge is 2.27. The number of carbonyl (C=O) groups is 1. The number of rotatable bonds is 0. The molecule has 0 amide bonds. The Bertz CT molecular complexity index is 793. The summed E-state index contributed by atoms with van der Waals surface area (Å²) in [5, 5.41) is 2.59. The van der Waals surface area contributed by atoms with Gasteiger partial charge in [0.15, 0.2) is 5.78 Å². The van der Waals surface area contributed by atoms with Gasteiger partial charge in [-0.25, -0.2) is 0 Å². The van der Waals surface area contributed by atoms with Crippen LogP contribution in [-0.4, -0.2) is 5.78 Å². The minimum absolute atomic E-state index is 0.198. The lowest BCUT2D eigenvalue weighted by atomic mass is 9.74. The van der Waals surface area contributed by atoms with Crippen molar-refractivity contribution in [2.24, 2.45) is 0 Å². The van der Waals surface area contributed by atoms with E-state index in [1.54, 1.807) is 0 Å². The van der Waals surface area contributed by atoms with E-state index in [0.29, 0.717) is 12.2 Å². The number of aryl methyl sites for hydroxylation is 1. The molecule has 0 saturated heterocycles. The number of carbonyl (C=O) groups excluding carboxylic acids is 1. The molecule has 0 unspecified atom stereocenters. The van der Waals surface area contributed by atoms with E-state index >= 15 is 0 Å². The van der Waals surface area contributed by atoms with Gasteiger partial charge >= 0.3 is 0 Å². The molecule has 0 aliphatic heterocycles. The predicted octanol–water partition coefficient (Wildman–Crippen LogP) is 5.05. The summed E-state index contributed by atoms with van der Waals surface area (Å²) < 4.78 is 0. The second-order valence-corrected chi connectivity index (χ2v) is 6.98. The lowest BCUT2D eigenvalue weighted by Crippen LogP contribution is -2.20. The molecule has 106 valence electrons. The van der Waals surface area contributed by atoms with E-state index in [9.17, 15) is 4.79 Å². The molecule has 2 aromatic carbocycles. The Hall–Kier alpha value is -1.89. The number of fused-ring (bicyclic) bond motifs is 5. The number of benzene rings is 2. The van der Waals surface area contributed by atoms with Crippen molar-refractivity contribution < 1.29 is 4.79 Å². The number of ketones is 1. The highest BCUT2D eigenvalue weighted by atomic mass is 16.1. The molecule has 0 spiro atoms. The SMILES string of the molecule is CC1(C)CC=Cc2c1ccc1c3c(ccc21)C(=O)CCC3. The van der Waals surface area contributed by atoms with Crippen LogP contribution in [0.3, 0.4) is 0 Å². The van der Waals surface area contributed by atoms with E-state index in [1.165, 1.54) is 27.5 Å². The molecule has 1 nitrogen and oxygen atoms in total. The number of hydrogen-bond acceptors (Lipinski definition) is 1. The monoisotopic (exact) mass is 276 g/mol. The van der Waals surface area contributed by atoms with Crippen LogP contribution in [0, 0.1) is 0 Å². The van der Waals surface area contributed by atoms with E-state index in [2.05, 4.69) is 50.3 Å². The Morgan fingerprint density at radius 1 is 1.00 bits per heavy atom. The Balaban J connectivity index is 2.06. The fourth-order valence-electron chi connectivity index (χ4n) is 3.93.